The largest absolute Gasteiger partial charge is 0.459 e. The van der Waals surface area contributed by atoms with Gasteiger partial charge in [0.15, 0.2) is 0 Å². The quantitative estimate of drug-likeness (QED) is 0.830. The molecule has 0 heterocycles. The van der Waals surface area contributed by atoms with E-state index < -0.39 is 27.6 Å². The molecule has 0 aliphatic rings. The molecule has 6 nitrogen and oxygen atoms in total. The fourth-order valence-electron chi connectivity index (χ4n) is 1.85. The lowest BCUT2D eigenvalue weighted by atomic mass is 10.1. The van der Waals surface area contributed by atoms with Crippen LogP contribution < -0.4 is 4.72 Å². The topological polar surface area (TPSA) is 96.3 Å². The van der Waals surface area contributed by atoms with Crippen LogP contribution in [-0.2, 0) is 19.6 Å². The molecule has 0 bridgehead atoms. The summed E-state index contributed by atoms with van der Waals surface area (Å²) < 4.78 is 32.7. The van der Waals surface area contributed by atoms with Gasteiger partial charge in [0.05, 0.1) is 10.5 Å². The first-order valence-electron chi connectivity index (χ1n) is 7.22. The number of carbonyl (C=O) groups excluding carboxylic acids is 1. The summed E-state index contributed by atoms with van der Waals surface area (Å²) in [5.41, 5.74) is -0.702. The van der Waals surface area contributed by atoms with Crippen molar-refractivity contribution in [2.75, 3.05) is 0 Å². The first-order chi connectivity index (χ1) is 10.5. The van der Waals surface area contributed by atoms with E-state index in [1.54, 1.807) is 40.7 Å². The molecule has 126 valence electrons. The molecule has 0 fully saturated rings. The molecule has 0 amide bonds. The lowest BCUT2D eigenvalue weighted by Gasteiger charge is -2.26. The van der Waals surface area contributed by atoms with Crippen molar-refractivity contribution in [2.24, 2.45) is 5.92 Å². The molecule has 0 unspecified atom stereocenters. The summed E-state index contributed by atoms with van der Waals surface area (Å²) in [5.74, 6) is -0.959. The van der Waals surface area contributed by atoms with E-state index in [2.05, 4.69) is 4.72 Å². The number of nitriles is 1. The maximum absolute atomic E-state index is 12.5. The highest BCUT2D eigenvalue weighted by molar-refractivity contribution is 7.89. The maximum atomic E-state index is 12.5. The van der Waals surface area contributed by atoms with Crippen molar-refractivity contribution < 1.29 is 17.9 Å². The van der Waals surface area contributed by atoms with Crippen LogP contribution in [0.15, 0.2) is 29.2 Å². The molecule has 1 rings (SSSR count). The van der Waals surface area contributed by atoms with Crippen molar-refractivity contribution in [1.82, 2.24) is 4.72 Å². The van der Waals surface area contributed by atoms with Crippen molar-refractivity contribution in [1.29, 1.82) is 5.26 Å². The molecular formula is C16H22N2O4S. The number of hydrogen-bond donors (Lipinski definition) is 1. The van der Waals surface area contributed by atoms with Crippen molar-refractivity contribution in [3.05, 3.63) is 29.8 Å². The highest BCUT2D eigenvalue weighted by atomic mass is 32.2. The van der Waals surface area contributed by atoms with Crippen molar-refractivity contribution in [3.8, 4) is 6.07 Å². The molecule has 1 aromatic rings. The Hall–Kier alpha value is -1.91. The smallest absolute Gasteiger partial charge is 0.324 e. The molecule has 23 heavy (non-hydrogen) atoms. The van der Waals surface area contributed by atoms with Gasteiger partial charge >= 0.3 is 5.97 Å². The number of benzene rings is 1. The maximum Gasteiger partial charge on any atom is 0.324 e. The highest BCUT2D eigenvalue weighted by Gasteiger charge is 2.32. The van der Waals surface area contributed by atoms with Crippen LogP contribution >= 0.6 is 0 Å². The summed E-state index contributed by atoms with van der Waals surface area (Å²) >= 11 is 0. The average molecular weight is 338 g/mol. The molecular weight excluding hydrogens is 316 g/mol. The Balaban J connectivity index is 3.14. The third-order valence-corrected chi connectivity index (χ3v) is 4.41. The lowest BCUT2D eigenvalue weighted by molar-refractivity contribution is -0.158. The van der Waals surface area contributed by atoms with E-state index in [-0.39, 0.29) is 16.4 Å². The van der Waals surface area contributed by atoms with Crippen LogP contribution in [0.25, 0.3) is 0 Å². The van der Waals surface area contributed by atoms with Crippen molar-refractivity contribution in [3.63, 3.8) is 0 Å². The first kappa shape index (κ1) is 19.1. The van der Waals surface area contributed by atoms with E-state index in [1.807, 2.05) is 6.07 Å². The van der Waals surface area contributed by atoms with Gasteiger partial charge in [0, 0.05) is 0 Å². The van der Waals surface area contributed by atoms with Crippen molar-refractivity contribution >= 4 is 16.0 Å². The second-order valence-corrected chi connectivity index (χ2v) is 8.17. The minimum Gasteiger partial charge on any atom is -0.459 e. The Bertz CT molecular complexity index is 712. The zero-order valence-electron chi connectivity index (χ0n) is 14.0. The number of sulfonamides is 1. The molecule has 0 aromatic heterocycles. The van der Waals surface area contributed by atoms with Crippen molar-refractivity contribution in [2.45, 2.75) is 51.2 Å². The van der Waals surface area contributed by atoms with Crippen LogP contribution in [0.4, 0.5) is 0 Å². The van der Waals surface area contributed by atoms with E-state index >= 15 is 0 Å². The molecule has 0 aliphatic carbocycles. The predicted octanol–water partition coefficient (Wildman–Crippen LogP) is 2.20. The molecule has 0 saturated carbocycles. The third kappa shape index (κ3) is 5.34. The highest BCUT2D eigenvalue weighted by Crippen LogP contribution is 2.18. The van der Waals surface area contributed by atoms with Crippen LogP contribution in [0.3, 0.4) is 0 Å². The van der Waals surface area contributed by atoms with Crippen LogP contribution in [0.1, 0.15) is 40.2 Å². The zero-order chi connectivity index (χ0) is 17.8. The SMILES string of the molecule is CC(C)[C@@H](NS(=O)(=O)c1ccccc1C#N)C(=O)OC(C)(C)C. The summed E-state index contributed by atoms with van der Waals surface area (Å²) in [4.78, 5) is 12.1. The number of esters is 1. The van der Waals surface area contributed by atoms with Gasteiger partial charge < -0.3 is 4.74 Å². The molecule has 0 aliphatic heterocycles. The number of rotatable bonds is 5. The Morgan fingerprint density at radius 2 is 1.83 bits per heavy atom. The van der Waals surface area contributed by atoms with Gasteiger partial charge in [-0.3, -0.25) is 4.79 Å². The Morgan fingerprint density at radius 1 is 1.26 bits per heavy atom. The number of nitrogens with one attached hydrogen (secondary N) is 1. The Kier molecular flexibility index (Phi) is 5.92. The van der Waals surface area contributed by atoms with Crippen LogP contribution in [0, 0.1) is 17.2 Å². The predicted molar refractivity (Wildman–Crippen MR) is 85.9 cm³/mol. The van der Waals surface area contributed by atoms with E-state index in [9.17, 15) is 13.2 Å². The van der Waals surface area contributed by atoms with Gasteiger partial charge in [-0.15, -0.1) is 0 Å². The molecule has 1 atom stereocenters. The Labute approximate surface area is 137 Å². The second-order valence-electron chi connectivity index (χ2n) is 6.48. The molecule has 0 spiro atoms. The summed E-state index contributed by atoms with van der Waals surface area (Å²) in [7, 11) is -4.02. The summed E-state index contributed by atoms with van der Waals surface area (Å²) in [6.45, 7) is 8.56. The van der Waals surface area contributed by atoms with Gasteiger partial charge in [-0.2, -0.15) is 9.98 Å². The van der Waals surface area contributed by atoms with E-state index in [4.69, 9.17) is 10.00 Å². The molecule has 1 aromatic carbocycles. The van der Waals surface area contributed by atoms with Gasteiger partial charge in [0.2, 0.25) is 10.0 Å². The number of ether oxygens (including phenoxy) is 1. The van der Waals surface area contributed by atoms with Crippen LogP contribution in [0.2, 0.25) is 0 Å². The second kappa shape index (κ2) is 7.11. The van der Waals surface area contributed by atoms with Gasteiger partial charge in [-0.25, -0.2) is 8.42 Å². The number of nitrogens with zero attached hydrogens (tertiary/aromatic N) is 1. The normalized spacial score (nSPS) is 13.4. The molecule has 1 N–H and O–H groups in total. The first-order valence-corrected chi connectivity index (χ1v) is 8.70. The summed E-state index contributed by atoms with van der Waals surface area (Å²) in [6.07, 6.45) is 0. The number of carbonyl (C=O) groups is 1. The fourth-order valence-corrected chi connectivity index (χ4v) is 3.34. The monoisotopic (exact) mass is 338 g/mol. The van der Waals surface area contributed by atoms with Gasteiger partial charge in [-0.1, -0.05) is 26.0 Å². The van der Waals surface area contributed by atoms with Gasteiger partial charge in [0.25, 0.3) is 0 Å². The minimum absolute atomic E-state index is 0.0201. The third-order valence-electron chi connectivity index (χ3n) is 2.91. The standard InChI is InChI=1S/C16H22N2O4S/c1-11(2)14(15(19)22-16(3,4)5)18-23(20,21)13-9-7-6-8-12(13)10-17/h6-9,11,14,18H,1-5H3/t14-/m1/s1. The van der Waals surface area contributed by atoms with E-state index in [0.717, 1.165) is 0 Å². The van der Waals surface area contributed by atoms with E-state index in [0.29, 0.717) is 0 Å². The fraction of sp³-hybridized carbons (Fsp3) is 0.500. The Morgan fingerprint density at radius 3 is 2.30 bits per heavy atom. The molecule has 0 saturated heterocycles. The summed E-state index contributed by atoms with van der Waals surface area (Å²) in [5, 5.41) is 9.05. The van der Waals surface area contributed by atoms with E-state index in [1.165, 1.54) is 18.2 Å². The number of hydrogen-bond acceptors (Lipinski definition) is 5. The minimum atomic E-state index is -4.02. The summed E-state index contributed by atoms with van der Waals surface area (Å²) in [6, 6.07) is 6.63. The van der Waals surface area contributed by atoms with Crippen LogP contribution in [0.5, 0.6) is 0 Å². The lowest BCUT2D eigenvalue weighted by Crippen LogP contribution is -2.47. The molecule has 7 heteroatoms. The average Bonchev–Trinajstić information content (AvgIpc) is 2.42. The van der Waals surface area contributed by atoms with Gasteiger partial charge in [-0.05, 0) is 38.8 Å². The van der Waals surface area contributed by atoms with Gasteiger partial charge in [0.1, 0.15) is 17.7 Å². The van der Waals surface area contributed by atoms with Crippen LogP contribution in [-0.4, -0.2) is 26.0 Å². The molecule has 0 radical (unpaired) electrons. The zero-order valence-corrected chi connectivity index (χ0v) is 14.8.